The van der Waals surface area contributed by atoms with Crippen LogP contribution in [0.2, 0.25) is 0 Å². The van der Waals surface area contributed by atoms with Crippen molar-refractivity contribution in [1.29, 1.82) is 0 Å². The first-order valence-corrected chi connectivity index (χ1v) is 1.58. The number of nitrogens with zero attached hydrogens (tertiary/aromatic N) is 1. The van der Waals surface area contributed by atoms with Gasteiger partial charge in [-0.3, -0.25) is 0 Å². The van der Waals surface area contributed by atoms with Crippen LogP contribution in [0.3, 0.4) is 0 Å². The zero-order chi connectivity index (χ0) is 2.99. The number of hydrogen-bond donors (Lipinski definition) is 2. The van der Waals surface area contributed by atoms with Gasteiger partial charge >= 0.3 is 0 Å². The summed E-state index contributed by atoms with van der Waals surface area (Å²) in [6.45, 7) is 0. The molecule has 0 amide bonds. The van der Waals surface area contributed by atoms with E-state index in [9.17, 15) is 0 Å². The predicted octanol–water partition coefficient (Wildman–Crippen LogP) is 0.115. The minimum absolute atomic E-state index is 0.917. The van der Waals surface area contributed by atoms with Crippen molar-refractivity contribution in [1.82, 2.24) is 8.72 Å². The predicted molar refractivity (Wildman–Crippen MR) is 13.8 cm³/mol. The molecule has 4 heavy (non-hydrogen) atoms. The fourth-order valence-corrected chi connectivity index (χ4v) is 0.0548. The van der Waals surface area contributed by atoms with E-state index in [0.717, 1.165) is 16.0 Å². The number of aromatic nitrogens is 2. The molecule has 0 fully saturated rings. The average molecular weight is 78.1 g/mol. The summed E-state index contributed by atoms with van der Waals surface area (Å²) in [7, 11) is 0. The Hall–Kier alpha value is -0.380. The smallest absolute Gasteiger partial charge is 0.0984 e. The number of H-pyrrole nitrogens is 1. The molecule has 4 heteroatoms. The van der Waals surface area contributed by atoms with Crippen LogP contribution in [-0.2, 0) is 0 Å². The Morgan fingerprint density at radius 1 is 2.00 bits per heavy atom. The van der Waals surface area contributed by atoms with Crippen LogP contribution in [0.4, 0.5) is 0 Å². The Morgan fingerprint density at radius 2 is 2.25 bits per heavy atom. The lowest BCUT2D eigenvalue weighted by Crippen LogP contribution is -1.63. The number of rotatable bonds is 0. The second-order valence-corrected chi connectivity index (χ2v) is 1.17. The molecule has 0 saturated carbocycles. The van der Waals surface area contributed by atoms with Crippen LogP contribution in [0.15, 0.2) is 0 Å². The van der Waals surface area contributed by atoms with Gasteiger partial charge in [-0.1, -0.05) is 0 Å². The lowest BCUT2D eigenvalue weighted by molar-refractivity contribution is 0.208. The second-order valence-electron chi connectivity index (χ2n) is 0.456. The quantitative estimate of drug-likeness (QED) is 0.425. The molecule has 0 bridgehead atoms. The van der Waals surface area contributed by atoms with Gasteiger partial charge in [-0.05, 0) is 4.23 Å². The van der Waals surface area contributed by atoms with Gasteiger partial charge in [0.25, 0.3) is 0 Å². The summed E-state index contributed by atoms with van der Waals surface area (Å²) in [6.07, 6.45) is 0. The monoisotopic (exact) mass is 78.0 g/mol. The molecule has 0 saturated heterocycles. The SMILES string of the molecule is On1[nH]s1. The molecule has 0 radical (unpaired) electrons. The van der Waals surface area contributed by atoms with Crippen molar-refractivity contribution in [3.8, 4) is 0 Å². The normalized spacial score (nSPS) is 9.00. The van der Waals surface area contributed by atoms with Crippen LogP contribution in [0.1, 0.15) is 0 Å². The van der Waals surface area contributed by atoms with Gasteiger partial charge in [0.1, 0.15) is 0 Å². The fraction of sp³-hybridized carbons (Fsp3) is 0. The largest absolute Gasteiger partial charge is 0.403 e. The van der Waals surface area contributed by atoms with E-state index in [1.807, 2.05) is 0 Å². The van der Waals surface area contributed by atoms with Crippen LogP contribution >= 0.6 is 11.7 Å². The minimum atomic E-state index is 0.917. The molecule has 1 aromatic heterocycles. The molecule has 0 aromatic carbocycles. The molecule has 1 aromatic rings. The summed E-state index contributed by atoms with van der Waals surface area (Å²) in [5, 5.41) is 7.85. The highest BCUT2D eigenvalue weighted by atomic mass is 32.1. The number of hydrogen-bond acceptors (Lipinski definition) is 2. The Labute approximate surface area is 26.7 Å². The number of nitrogens with one attached hydrogen (secondary N) is 1. The van der Waals surface area contributed by atoms with Crippen LogP contribution in [0, 0.1) is 0 Å². The average Bonchev–Trinajstić information content (AvgIpc) is 1.75. The molecule has 0 aliphatic heterocycles. The molecule has 0 aliphatic carbocycles. The Morgan fingerprint density at radius 3 is 2.25 bits per heavy atom. The third-order valence-corrected chi connectivity index (χ3v) is 0.519. The topological polar surface area (TPSA) is 41.0 Å². The Balaban J connectivity index is 2.81. The van der Waals surface area contributed by atoms with Gasteiger partial charge in [-0.25, -0.2) is 0 Å². The van der Waals surface area contributed by atoms with Gasteiger partial charge < -0.3 is 5.21 Å². The van der Waals surface area contributed by atoms with Crippen molar-refractivity contribution in [2.24, 2.45) is 0 Å². The molecule has 1 rings (SSSR count). The molecular weight excluding hydrogens is 76.1 g/mol. The maximum Gasteiger partial charge on any atom is 0.0984 e. The van der Waals surface area contributed by atoms with Gasteiger partial charge in [-0.2, -0.15) is 4.49 Å². The van der Waals surface area contributed by atoms with E-state index in [4.69, 9.17) is 5.21 Å². The molecule has 0 spiro atoms. The maximum atomic E-state index is 7.85. The highest BCUT2D eigenvalue weighted by Crippen LogP contribution is 1.84. The van der Waals surface area contributed by atoms with Crippen molar-refractivity contribution in [2.45, 2.75) is 0 Å². The van der Waals surface area contributed by atoms with E-state index >= 15 is 0 Å². The first-order valence-electron chi connectivity index (χ1n) is 0.810. The van der Waals surface area contributed by atoms with Crippen LogP contribution < -0.4 is 0 Å². The summed E-state index contributed by atoms with van der Waals surface area (Å²) in [4.78, 5) is 0. The van der Waals surface area contributed by atoms with E-state index in [1.165, 1.54) is 0 Å². The van der Waals surface area contributed by atoms with Crippen molar-refractivity contribution in [3.63, 3.8) is 0 Å². The van der Waals surface area contributed by atoms with Crippen molar-refractivity contribution >= 4 is 11.7 Å². The zero-order valence-corrected chi connectivity index (χ0v) is 2.62. The van der Waals surface area contributed by atoms with E-state index in [-0.39, 0.29) is 0 Å². The summed E-state index contributed by atoms with van der Waals surface area (Å²) in [5.41, 5.74) is 0. The molecule has 0 unspecified atom stereocenters. The second kappa shape index (κ2) is 0.322. The summed E-state index contributed by atoms with van der Waals surface area (Å²) in [5.74, 6) is 0. The summed E-state index contributed by atoms with van der Waals surface area (Å²) >= 11 is 1.16. The van der Waals surface area contributed by atoms with E-state index < -0.39 is 0 Å². The highest BCUT2D eigenvalue weighted by Gasteiger charge is 1.77. The fourth-order valence-electron chi connectivity index (χ4n) is 0.0183. The molecule has 3 nitrogen and oxygen atoms in total. The van der Waals surface area contributed by atoms with Crippen molar-refractivity contribution in [3.05, 3.63) is 0 Å². The highest BCUT2D eigenvalue weighted by molar-refractivity contribution is 7.03. The lowest BCUT2D eigenvalue weighted by Gasteiger charge is -1.52. The van der Waals surface area contributed by atoms with Crippen molar-refractivity contribution < 1.29 is 5.21 Å². The van der Waals surface area contributed by atoms with Gasteiger partial charge in [0, 0.05) is 0 Å². The Bertz CT molecular complexity index is 64.6. The van der Waals surface area contributed by atoms with Crippen LogP contribution in [-0.4, -0.2) is 13.9 Å². The summed E-state index contributed by atoms with van der Waals surface area (Å²) < 4.78 is 3.32. The third-order valence-electron chi connectivity index (χ3n) is 0.173. The molecule has 0 atom stereocenters. The molecular formula is H2N2OS. The Kier molecular flexibility index (Phi) is 0.153. The first kappa shape index (κ1) is 1.90. The minimum Gasteiger partial charge on any atom is -0.403 e. The van der Waals surface area contributed by atoms with Crippen LogP contribution in [0.5, 0.6) is 0 Å². The van der Waals surface area contributed by atoms with Gasteiger partial charge in [0.05, 0.1) is 11.7 Å². The lowest BCUT2D eigenvalue weighted by atomic mass is 13.0. The zero-order valence-electron chi connectivity index (χ0n) is 1.80. The molecule has 2 N–H and O–H groups in total. The number of aromatic amines is 1. The van der Waals surface area contributed by atoms with E-state index in [1.54, 1.807) is 0 Å². The third kappa shape index (κ3) is 0.0907. The van der Waals surface area contributed by atoms with Crippen molar-refractivity contribution in [2.75, 3.05) is 0 Å². The van der Waals surface area contributed by atoms with Gasteiger partial charge in [-0.15, -0.1) is 0 Å². The summed E-state index contributed by atoms with van der Waals surface area (Å²) in [6, 6.07) is 0. The van der Waals surface area contributed by atoms with Gasteiger partial charge in [0.2, 0.25) is 0 Å². The van der Waals surface area contributed by atoms with Crippen LogP contribution in [0.25, 0.3) is 0 Å². The van der Waals surface area contributed by atoms with Gasteiger partial charge in [0.15, 0.2) is 0 Å². The van der Waals surface area contributed by atoms with E-state index in [0.29, 0.717) is 0 Å². The maximum absolute atomic E-state index is 7.85. The standard InChI is InChI=1S/H2N2OS/c3-2-1-4-2/h1,3H. The molecule has 0 aliphatic rings. The molecule has 1 heterocycles. The van der Waals surface area contributed by atoms with E-state index in [2.05, 4.69) is 4.49 Å². The molecule has 24 valence electrons. The first-order chi connectivity index (χ1) is 1.89.